The fourth-order valence-corrected chi connectivity index (χ4v) is 2.65. The topological polar surface area (TPSA) is 86.8 Å². The van der Waals surface area contributed by atoms with Crippen LogP contribution in [0.25, 0.3) is 0 Å². The fraction of sp³-hybridized carbons (Fsp3) is 0.158. The van der Waals surface area contributed by atoms with Gasteiger partial charge in [0.1, 0.15) is 5.82 Å². The van der Waals surface area contributed by atoms with E-state index < -0.39 is 0 Å². The number of ether oxygens (including phenoxy) is 4. The van der Waals surface area contributed by atoms with Gasteiger partial charge in [-0.15, -0.1) is 0 Å². The van der Waals surface area contributed by atoms with E-state index in [1.165, 1.54) is 0 Å². The molecule has 0 bridgehead atoms. The zero-order valence-electron chi connectivity index (χ0n) is 14.9. The van der Waals surface area contributed by atoms with E-state index in [0.29, 0.717) is 29.0 Å². The Labute approximate surface area is 156 Å². The van der Waals surface area contributed by atoms with Gasteiger partial charge in [-0.25, -0.2) is 4.98 Å². The normalized spacial score (nSPS) is 11.8. The summed E-state index contributed by atoms with van der Waals surface area (Å²) in [5.74, 6) is 3.82. The molecule has 2 heterocycles. The van der Waals surface area contributed by atoms with Crippen molar-refractivity contribution in [2.45, 2.75) is 0 Å². The standard InChI is InChI=1S/C19H18N4O4/c1-24-14-5-3-13(9-16(14)25-2)22-19-20-8-7-18(23-19)21-12-4-6-15-17(10-12)27-11-26-15/h3-10H,11H2,1-2H3,(H2,20,21,22,23). The van der Waals surface area contributed by atoms with Gasteiger partial charge in [-0.3, -0.25) is 0 Å². The molecule has 0 amide bonds. The van der Waals surface area contributed by atoms with Crippen LogP contribution in [0.4, 0.5) is 23.1 Å². The Morgan fingerprint density at radius 3 is 2.48 bits per heavy atom. The highest BCUT2D eigenvalue weighted by Gasteiger charge is 2.13. The van der Waals surface area contributed by atoms with Crippen LogP contribution in [0.3, 0.4) is 0 Å². The van der Waals surface area contributed by atoms with Crippen molar-refractivity contribution < 1.29 is 18.9 Å². The maximum absolute atomic E-state index is 5.39. The van der Waals surface area contributed by atoms with Crippen molar-refractivity contribution in [1.82, 2.24) is 9.97 Å². The number of hydrogen-bond acceptors (Lipinski definition) is 8. The van der Waals surface area contributed by atoms with Crippen LogP contribution in [0.15, 0.2) is 48.7 Å². The van der Waals surface area contributed by atoms with Gasteiger partial charge in [-0.2, -0.15) is 4.98 Å². The molecule has 0 saturated heterocycles. The largest absolute Gasteiger partial charge is 0.493 e. The minimum atomic E-state index is 0.242. The first-order valence-electron chi connectivity index (χ1n) is 8.24. The molecule has 3 aromatic rings. The Kier molecular flexibility index (Phi) is 4.52. The predicted molar refractivity (Wildman–Crippen MR) is 101 cm³/mol. The van der Waals surface area contributed by atoms with Crippen molar-refractivity contribution >= 4 is 23.1 Å². The van der Waals surface area contributed by atoms with E-state index in [1.807, 2.05) is 36.4 Å². The fourth-order valence-electron chi connectivity index (χ4n) is 2.65. The smallest absolute Gasteiger partial charge is 0.231 e. The third-order valence-electron chi connectivity index (χ3n) is 3.94. The first-order chi connectivity index (χ1) is 13.2. The molecule has 4 rings (SSSR count). The zero-order chi connectivity index (χ0) is 18.6. The second-order valence-electron chi connectivity index (χ2n) is 5.65. The number of nitrogens with one attached hydrogen (secondary N) is 2. The van der Waals surface area contributed by atoms with E-state index in [1.54, 1.807) is 26.5 Å². The van der Waals surface area contributed by atoms with Crippen LogP contribution in [0, 0.1) is 0 Å². The van der Waals surface area contributed by atoms with Gasteiger partial charge in [-0.05, 0) is 30.3 Å². The van der Waals surface area contributed by atoms with E-state index in [9.17, 15) is 0 Å². The van der Waals surface area contributed by atoms with Crippen LogP contribution < -0.4 is 29.6 Å². The van der Waals surface area contributed by atoms with Crippen LogP contribution in [-0.2, 0) is 0 Å². The molecule has 8 nitrogen and oxygen atoms in total. The van der Waals surface area contributed by atoms with E-state index in [-0.39, 0.29) is 6.79 Å². The Morgan fingerprint density at radius 1 is 0.852 bits per heavy atom. The molecule has 1 aromatic heterocycles. The van der Waals surface area contributed by atoms with Crippen LogP contribution in [0.1, 0.15) is 0 Å². The molecule has 2 N–H and O–H groups in total. The first kappa shape index (κ1) is 16.8. The third kappa shape index (κ3) is 3.64. The van der Waals surface area contributed by atoms with Gasteiger partial charge >= 0.3 is 0 Å². The van der Waals surface area contributed by atoms with Crippen molar-refractivity contribution in [3.05, 3.63) is 48.7 Å². The predicted octanol–water partition coefficient (Wildman–Crippen LogP) is 3.71. The summed E-state index contributed by atoms with van der Waals surface area (Å²) < 4.78 is 21.3. The number of aromatic nitrogens is 2. The van der Waals surface area contributed by atoms with Crippen molar-refractivity contribution in [2.24, 2.45) is 0 Å². The number of fused-ring (bicyclic) bond motifs is 1. The molecule has 0 saturated carbocycles. The van der Waals surface area contributed by atoms with E-state index in [0.717, 1.165) is 17.1 Å². The van der Waals surface area contributed by atoms with Crippen molar-refractivity contribution in [1.29, 1.82) is 0 Å². The lowest BCUT2D eigenvalue weighted by Crippen LogP contribution is -2.01. The summed E-state index contributed by atoms with van der Waals surface area (Å²) in [6.07, 6.45) is 1.67. The lowest BCUT2D eigenvalue weighted by Gasteiger charge is -2.11. The summed E-state index contributed by atoms with van der Waals surface area (Å²) in [6, 6.07) is 12.9. The average molecular weight is 366 g/mol. The molecule has 1 aliphatic rings. The summed E-state index contributed by atoms with van der Waals surface area (Å²) >= 11 is 0. The molecule has 0 radical (unpaired) electrons. The maximum atomic E-state index is 5.39. The molecule has 0 unspecified atom stereocenters. The van der Waals surface area contributed by atoms with Gasteiger partial charge in [-0.1, -0.05) is 0 Å². The SMILES string of the molecule is COc1ccc(Nc2nccc(Nc3ccc4c(c3)OCO4)n2)cc1OC. The van der Waals surface area contributed by atoms with Crippen molar-refractivity contribution in [2.75, 3.05) is 31.6 Å². The van der Waals surface area contributed by atoms with Gasteiger partial charge in [0, 0.05) is 29.7 Å². The van der Waals surface area contributed by atoms with Crippen molar-refractivity contribution in [3.8, 4) is 23.0 Å². The van der Waals surface area contributed by atoms with E-state index in [2.05, 4.69) is 20.6 Å². The Morgan fingerprint density at radius 2 is 1.63 bits per heavy atom. The first-order valence-corrected chi connectivity index (χ1v) is 8.24. The summed E-state index contributed by atoms with van der Waals surface area (Å²) in [4.78, 5) is 8.73. The molecule has 0 aliphatic carbocycles. The highest BCUT2D eigenvalue weighted by molar-refractivity contribution is 5.64. The molecule has 27 heavy (non-hydrogen) atoms. The highest BCUT2D eigenvalue weighted by atomic mass is 16.7. The molecule has 0 fully saturated rings. The number of methoxy groups -OCH3 is 2. The van der Waals surface area contributed by atoms with Crippen LogP contribution in [0.5, 0.6) is 23.0 Å². The Balaban J connectivity index is 1.51. The molecule has 1 aliphatic heterocycles. The monoisotopic (exact) mass is 366 g/mol. The minimum absolute atomic E-state index is 0.242. The number of anilines is 4. The van der Waals surface area contributed by atoms with Gasteiger partial charge in [0.2, 0.25) is 12.7 Å². The molecule has 8 heteroatoms. The van der Waals surface area contributed by atoms with E-state index >= 15 is 0 Å². The molecule has 0 atom stereocenters. The maximum Gasteiger partial charge on any atom is 0.231 e. The van der Waals surface area contributed by atoms with Gasteiger partial charge in [0.25, 0.3) is 0 Å². The average Bonchev–Trinajstić information content (AvgIpc) is 3.16. The summed E-state index contributed by atoms with van der Waals surface area (Å²) in [7, 11) is 3.19. The Hall–Kier alpha value is -3.68. The summed E-state index contributed by atoms with van der Waals surface area (Å²) in [6.45, 7) is 0.242. The minimum Gasteiger partial charge on any atom is -0.493 e. The number of rotatable bonds is 6. The second-order valence-corrected chi connectivity index (χ2v) is 5.65. The lowest BCUT2D eigenvalue weighted by atomic mass is 10.2. The third-order valence-corrected chi connectivity index (χ3v) is 3.94. The summed E-state index contributed by atoms with van der Waals surface area (Å²) in [5, 5.41) is 6.38. The van der Waals surface area contributed by atoms with Gasteiger partial charge < -0.3 is 29.6 Å². The van der Waals surface area contributed by atoms with Gasteiger partial charge in [0.15, 0.2) is 23.0 Å². The number of nitrogens with zero attached hydrogens (tertiary/aromatic N) is 2. The number of benzene rings is 2. The lowest BCUT2D eigenvalue weighted by molar-refractivity contribution is 0.174. The van der Waals surface area contributed by atoms with Crippen LogP contribution in [0.2, 0.25) is 0 Å². The van der Waals surface area contributed by atoms with E-state index in [4.69, 9.17) is 18.9 Å². The molecule has 0 spiro atoms. The van der Waals surface area contributed by atoms with Crippen LogP contribution >= 0.6 is 0 Å². The molecule has 138 valence electrons. The van der Waals surface area contributed by atoms with Gasteiger partial charge in [0.05, 0.1) is 14.2 Å². The summed E-state index contributed by atoms with van der Waals surface area (Å²) in [5.41, 5.74) is 1.63. The number of hydrogen-bond donors (Lipinski definition) is 2. The second kappa shape index (κ2) is 7.28. The quantitative estimate of drug-likeness (QED) is 0.683. The molecule has 2 aromatic carbocycles. The highest BCUT2D eigenvalue weighted by Crippen LogP contribution is 2.35. The van der Waals surface area contributed by atoms with Crippen molar-refractivity contribution in [3.63, 3.8) is 0 Å². The van der Waals surface area contributed by atoms with Crippen LogP contribution in [-0.4, -0.2) is 31.0 Å². The molecular weight excluding hydrogens is 348 g/mol. The molecular formula is C19H18N4O4. The Bertz CT molecular complexity index is 964. The zero-order valence-corrected chi connectivity index (χ0v) is 14.9.